The number of carbonyl (C=O) groups is 1. The lowest BCUT2D eigenvalue weighted by Gasteiger charge is -2.11. The fourth-order valence-corrected chi connectivity index (χ4v) is 5.61. The average molecular weight is 493 g/mol. The minimum Gasteiger partial charge on any atom is -0.477 e. The van der Waals surface area contributed by atoms with Gasteiger partial charge in [0.2, 0.25) is 0 Å². The molecule has 4 rings (SSSR count). The van der Waals surface area contributed by atoms with Gasteiger partial charge in [-0.2, -0.15) is 0 Å². The van der Waals surface area contributed by atoms with E-state index in [1.54, 1.807) is 12.3 Å². The van der Waals surface area contributed by atoms with Gasteiger partial charge in [-0.05, 0) is 17.2 Å². The molecule has 10 heteroatoms. The minimum absolute atomic E-state index is 0.0318. The molecule has 166 valence electrons. The number of H-pyrrole nitrogens is 1. The third-order valence-corrected chi connectivity index (χ3v) is 7.36. The van der Waals surface area contributed by atoms with Crippen LogP contribution in [-0.2, 0) is 15.6 Å². The van der Waals surface area contributed by atoms with Crippen LogP contribution >= 0.6 is 22.9 Å². The molecule has 0 spiro atoms. The van der Waals surface area contributed by atoms with E-state index in [1.807, 2.05) is 19.1 Å². The second-order valence-electron chi connectivity index (χ2n) is 7.56. The van der Waals surface area contributed by atoms with Gasteiger partial charge in [0.05, 0.1) is 11.3 Å². The van der Waals surface area contributed by atoms with Crippen LogP contribution in [0.5, 0.6) is 0 Å². The summed E-state index contributed by atoms with van der Waals surface area (Å²) in [5.74, 6) is -2.43. The molecule has 2 N–H and O–H groups in total. The van der Waals surface area contributed by atoms with Gasteiger partial charge in [0, 0.05) is 39.8 Å². The number of aromatic amines is 1. The smallest absolute Gasteiger partial charge is 0.352 e. The summed E-state index contributed by atoms with van der Waals surface area (Å²) < 4.78 is 38.2. The normalized spacial score (nSPS) is 12.9. The van der Waals surface area contributed by atoms with Crippen LogP contribution < -0.4 is 0 Å². The van der Waals surface area contributed by atoms with Crippen molar-refractivity contribution in [1.29, 1.82) is 0 Å². The highest BCUT2D eigenvalue weighted by molar-refractivity contribution is 7.89. The molecule has 1 unspecified atom stereocenters. The summed E-state index contributed by atoms with van der Waals surface area (Å²) in [5.41, 5.74) is 2.12. The zero-order valence-electron chi connectivity index (χ0n) is 17.0. The Bertz CT molecular complexity index is 1460. The monoisotopic (exact) mass is 492 g/mol. The first-order valence-corrected chi connectivity index (χ1v) is 12.8. The van der Waals surface area contributed by atoms with E-state index in [9.17, 15) is 22.7 Å². The predicted octanol–water partition coefficient (Wildman–Crippen LogP) is 5.48. The number of nitrogens with zero attached hydrogens (tertiary/aromatic N) is 1. The fraction of sp³-hybridized carbons (Fsp3) is 0.182. The number of aromatic carboxylic acids is 1. The van der Waals surface area contributed by atoms with E-state index < -0.39 is 27.4 Å². The third kappa shape index (κ3) is 4.28. The number of fused-ring (bicyclic) bond motifs is 1. The second-order valence-corrected chi connectivity index (χ2v) is 11.3. The van der Waals surface area contributed by atoms with E-state index in [-0.39, 0.29) is 17.2 Å². The van der Waals surface area contributed by atoms with Crippen LogP contribution in [0.3, 0.4) is 0 Å². The van der Waals surface area contributed by atoms with Crippen LogP contribution in [-0.4, -0.2) is 35.7 Å². The van der Waals surface area contributed by atoms with Gasteiger partial charge in [0.25, 0.3) is 0 Å². The summed E-state index contributed by atoms with van der Waals surface area (Å²) in [6.07, 6.45) is 2.72. The molecule has 0 radical (unpaired) electrons. The van der Waals surface area contributed by atoms with Crippen LogP contribution in [0.4, 0.5) is 4.39 Å². The molecular weight excluding hydrogens is 475 g/mol. The summed E-state index contributed by atoms with van der Waals surface area (Å²) >= 11 is 7.32. The SMILES string of the molecule is CC(c1cnc(Cl)s1)c1cccc2c(-c3ccc(CS(C)(=O)=O)c(F)c3)c(C(=O)O)[nH]c12. The van der Waals surface area contributed by atoms with Gasteiger partial charge in [-0.25, -0.2) is 22.6 Å². The summed E-state index contributed by atoms with van der Waals surface area (Å²) in [6.45, 7) is 1.97. The maximum atomic E-state index is 14.7. The van der Waals surface area contributed by atoms with E-state index in [0.717, 1.165) is 16.7 Å². The van der Waals surface area contributed by atoms with Crippen molar-refractivity contribution < 1.29 is 22.7 Å². The molecule has 0 saturated carbocycles. The molecular formula is C22H18ClFN2O4S2. The zero-order valence-corrected chi connectivity index (χ0v) is 19.4. The van der Waals surface area contributed by atoms with E-state index in [1.165, 1.54) is 29.5 Å². The third-order valence-electron chi connectivity index (χ3n) is 5.23. The molecule has 1 atom stereocenters. The lowest BCUT2D eigenvalue weighted by atomic mass is 9.95. The summed E-state index contributed by atoms with van der Waals surface area (Å²) in [7, 11) is -3.42. The Labute approximate surface area is 192 Å². The van der Waals surface area contributed by atoms with Crippen molar-refractivity contribution in [1.82, 2.24) is 9.97 Å². The van der Waals surface area contributed by atoms with Gasteiger partial charge in [0.1, 0.15) is 11.5 Å². The Morgan fingerprint density at radius 1 is 1.31 bits per heavy atom. The molecule has 2 heterocycles. The summed E-state index contributed by atoms with van der Waals surface area (Å²) in [5, 5.41) is 10.4. The Morgan fingerprint density at radius 3 is 2.66 bits per heavy atom. The number of para-hydroxylation sites is 1. The fourth-order valence-electron chi connectivity index (χ4n) is 3.78. The van der Waals surface area contributed by atoms with E-state index in [0.29, 0.717) is 26.5 Å². The van der Waals surface area contributed by atoms with E-state index in [2.05, 4.69) is 9.97 Å². The molecule has 6 nitrogen and oxygen atoms in total. The van der Waals surface area contributed by atoms with Gasteiger partial charge in [-0.3, -0.25) is 0 Å². The van der Waals surface area contributed by atoms with Crippen molar-refractivity contribution in [2.24, 2.45) is 0 Å². The number of rotatable bonds is 6. The van der Waals surface area contributed by atoms with Crippen LogP contribution in [0.2, 0.25) is 4.47 Å². The number of nitrogens with one attached hydrogen (secondary N) is 1. The van der Waals surface area contributed by atoms with Gasteiger partial charge in [0.15, 0.2) is 14.3 Å². The lowest BCUT2D eigenvalue weighted by molar-refractivity contribution is 0.0692. The highest BCUT2D eigenvalue weighted by atomic mass is 35.5. The van der Waals surface area contributed by atoms with Crippen molar-refractivity contribution in [3.63, 3.8) is 0 Å². The van der Waals surface area contributed by atoms with Crippen molar-refractivity contribution in [2.75, 3.05) is 6.26 Å². The Morgan fingerprint density at radius 2 is 2.06 bits per heavy atom. The highest BCUT2D eigenvalue weighted by Gasteiger charge is 2.23. The number of hydrogen-bond acceptors (Lipinski definition) is 5. The van der Waals surface area contributed by atoms with Crippen LogP contribution in [0.15, 0.2) is 42.6 Å². The first-order chi connectivity index (χ1) is 15.0. The number of hydrogen-bond donors (Lipinski definition) is 2. The lowest BCUT2D eigenvalue weighted by Crippen LogP contribution is -2.03. The Balaban J connectivity index is 1.89. The van der Waals surface area contributed by atoms with Crippen molar-refractivity contribution in [3.05, 3.63) is 74.6 Å². The van der Waals surface area contributed by atoms with Crippen molar-refractivity contribution in [3.8, 4) is 11.1 Å². The number of carboxylic acids is 1. The molecule has 2 aromatic carbocycles. The molecule has 0 bridgehead atoms. The Kier molecular flexibility index (Phi) is 5.83. The molecule has 0 amide bonds. The van der Waals surface area contributed by atoms with Gasteiger partial charge < -0.3 is 10.1 Å². The Hall–Kier alpha value is -2.75. The number of halogens is 2. The van der Waals surface area contributed by atoms with Gasteiger partial charge >= 0.3 is 5.97 Å². The molecule has 4 aromatic rings. The molecule has 0 aliphatic carbocycles. The molecule has 32 heavy (non-hydrogen) atoms. The number of thiazole rings is 1. The van der Waals surface area contributed by atoms with Gasteiger partial charge in [-0.15, -0.1) is 11.3 Å². The molecule has 0 aliphatic heterocycles. The van der Waals surface area contributed by atoms with Crippen LogP contribution in [0.1, 0.15) is 39.3 Å². The first kappa shape index (κ1) is 22.4. The van der Waals surface area contributed by atoms with Crippen LogP contribution in [0.25, 0.3) is 22.0 Å². The minimum atomic E-state index is -3.42. The first-order valence-electron chi connectivity index (χ1n) is 9.50. The molecule has 2 aromatic heterocycles. The average Bonchev–Trinajstić information content (AvgIpc) is 3.31. The molecule has 0 saturated heterocycles. The van der Waals surface area contributed by atoms with E-state index >= 15 is 0 Å². The standard InChI is InChI=1S/C22H18ClFN2O4S2/c1-11(17-9-25-22(23)31-17)14-4-3-5-15-18(20(21(27)28)26-19(14)15)12-6-7-13(16(24)8-12)10-32(2,29)30/h3-9,11,26H,10H2,1-2H3,(H,27,28). The zero-order chi connectivity index (χ0) is 23.2. The van der Waals surface area contributed by atoms with Crippen molar-refractivity contribution >= 4 is 49.6 Å². The van der Waals surface area contributed by atoms with E-state index in [4.69, 9.17) is 11.6 Å². The van der Waals surface area contributed by atoms with Crippen molar-refractivity contribution in [2.45, 2.75) is 18.6 Å². The van der Waals surface area contributed by atoms with Gasteiger partial charge in [-0.1, -0.05) is 48.9 Å². The highest BCUT2D eigenvalue weighted by Crippen LogP contribution is 2.39. The maximum absolute atomic E-state index is 14.7. The second kappa shape index (κ2) is 8.31. The number of benzene rings is 2. The number of carboxylic acid groups (broad SMARTS) is 1. The van der Waals surface area contributed by atoms with Crippen LogP contribution in [0, 0.1) is 5.82 Å². The number of aromatic nitrogens is 2. The largest absolute Gasteiger partial charge is 0.477 e. The molecule has 0 aliphatic rings. The predicted molar refractivity (Wildman–Crippen MR) is 124 cm³/mol. The molecule has 0 fully saturated rings. The quantitative estimate of drug-likeness (QED) is 0.371. The summed E-state index contributed by atoms with van der Waals surface area (Å²) in [6, 6.07) is 9.57. The maximum Gasteiger partial charge on any atom is 0.352 e. The number of sulfone groups is 1. The summed E-state index contributed by atoms with van der Waals surface area (Å²) in [4.78, 5) is 20.0. The topological polar surface area (TPSA) is 100 Å².